The first-order chi connectivity index (χ1) is 8.43. The van der Waals surface area contributed by atoms with Crippen molar-refractivity contribution in [3.63, 3.8) is 0 Å². The summed E-state index contributed by atoms with van der Waals surface area (Å²) < 4.78 is 0. The Morgan fingerprint density at radius 1 is 1.18 bits per heavy atom. The van der Waals surface area contributed by atoms with Gasteiger partial charge >= 0.3 is 0 Å². The molecule has 17 heavy (non-hydrogen) atoms. The smallest absolute Gasteiger partial charge is 0.153 e. The Morgan fingerprint density at radius 2 is 2.12 bits per heavy atom. The van der Waals surface area contributed by atoms with Crippen LogP contribution in [0.5, 0.6) is 0 Å². The number of para-hydroxylation sites is 2. The van der Waals surface area contributed by atoms with Gasteiger partial charge in [-0.25, -0.2) is 0 Å². The standard InChI is InChI=1S/C14H12N2S/c1-3-7-12-10(5-1)9-17-14-15-11-6-2-4-8-13(11)16(12)14/h1-9,12,14-15H/t12-,14+/m1/s1. The van der Waals surface area contributed by atoms with Gasteiger partial charge in [0.05, 0.1) is 17.4 Å². The lowest BCUT2D eigenvalue weighted by atomic mass is 10.0. The van der Waals surface area contributed by atoms with Gasteiger partial charge in [-0.3, -0.25) is 0 Å². The van der Waals surface area contributed by atoms with Gasteiger partial charge in [-0.15, -0.1) is 0 Å². The molecule has 2 heterocycles. The zero-order chi connectivity index (χ0) is 11.2. The molecular formula is C14H12N2S. The van der Waals surface area contributed by atoms with Crippen molar-refractivity contribution in [2.45, 2.75) is 11.5 Å². The topological polar surface area (TPSA) is 15.3 Å². The van der Waals surface area contributed by atoms with E-state index in [2.05, 4.69) is 64.2 Å². The number of benzene rings is 1. The van der Waals surface area contributed by atoms with Crippen LogP contribution in [-0.4, -0.2) is 11.5 Å². The van der Waals surface area contributed by atoms with Crippen molar-refractivity contribution in [1.29, 1.82) is 0 Å². The number of anilines is 2. The van der Waals surface area contributed by atoms with Gasteiger partial charge in [-0.2, -0.15) is 0 Å². The van der Waals surface area contributed by atoms with Crippen molar-refractivity contribution in [2.75, 3.05) is 10.2 Å². The summed E-state index contributed by atoms with van der Waals surface area (Å²) in [7, 11) is 0. The average molecular weight is 240 g/mol. The van der Waals surface area contributed by atoms with Gasteiger partial charge in [0.2, 0.25) is 0 Å². The number of nitrogens with zero attached hydrogens (tertiary/aromatic N) is 1. The summed E-state index contributed by atoms with van der Waals surface area (Å²) in [6.45, 7) is 0. The van der Waals surface area contributed by atoms with Crippen LogP contribution in [0.15, 0.2) is 59.6 Å². The van der Waals surface area contributed by atoms with Crippen LogP contribution in [0.3, 0.4) is 0 Å². The third-order valence-electron chi connectivity index (χ3n) is 3.38. The summed E-state index contributed by atoms with van der Waals surface area (Å²) in [5.74, 6) is 0. The number of nitrogens with one attached hydrogen (secondary N) is 1. The van der Waals surface area contributed by atoms with Crippen molar-refractivity contribution >= 4 is 23.1 Å². The number of fused-ring (bicyclic) bond motifs is 5. The van der Waals surface area contributed by atoms with Crippen LogP contribution in [0, 0.1) is 0 Å². The van der Waals surface area contributed by atoms with E-state index in [0.717, 1.165) is 0 Å². The number of rotatable bonds is 0. The molecule has 0 amide bonds. The van der Waals surface area contributed by atoms with E-state index in [9.17, 15) is 0 Å². The Balaban J connectivity index is 1.84. The summed E-state index contributed by atoms with van der Waals surface area (Å²) in [4.78, 5) is 2.45. The second-order valence-corrected chi connectivity index (χ2v) is 5.32. The van der Waals surface area contributed by atoms with Crippen molar-refractivity contribution in [2.24, 2.45) is 0 Å². The van der Waals surface area contributed by atoms with E-state index in [0.29, 0.717) is 11.5 Å². The molecule has 3 aliphatic rings. The Morgan fingerprint density at radius 3 is 3.12 bits per heavy atom. The molecule has 0 radical (unpaired) electrons. The highest BCUT2D eigenvalue weighted by Crippen LogP contribution is 2.45. The Hall–Kier alpha value is -1.61. The van der Waals surface area contributed by atoms with E-state index in [1.807, 2.05) is 11.8 Å². The van der Waals surface area contributed by atoms with Crippen LogP contribution >= 0.6 is 11.8 Å². The molecule has 2 nitrogen and oxygen atoms in total. The van der Waals surface area contributed by atoms with E-state index in [1.165, 1.54) is 16.9 Å². The number of thioether (sulfide) groups is 1. The normalized spacial score (nSPS) is 28.0. The highest BCUT2D eigenvalue weighted by molar-refractivity contribution is 8.03. The average Bonchev–Trinajstić information content (AvgIpc) is 2.77. The molecule has 2 atom stereocenters. The van der Waals surface area contributed by atoms with Crippen LogP contribution in [0.2, 0.25) is 0 Å². The van der Waals surface area contributed by atoms with Gasteiger partial charge in [-0.1, -0.05) is 48.2 Å². The Bertz CT molecular complexity index is 559. The monoisotopic (exact) mass is 240 g/mol. The molecule has 2 aliphatic heterocycles. The van der Waals surface area contributed by atoms with E-state index in [4.69, 9.17) is 0 Å². The van der Waals surface area contributed by atoms with Crippen molar-refractivity contribution < 1.29 is 0 Å². The minimum absolute atomic E-state index is 0.331. The highest BCUT2D eigenvalue weighted by atomic mass is 32.2. The highest BCUT2D eigenvalue weighted by Gasteiger charge is 2.37. The molecule has 0 spiro atoms. The summed E-state index contributed by atoms with van der Waals surface area (Å²) in [6.07, 6.45) is 8.71. The van der Waals surface area contributed by atoms with Crippen LogP contribution in [0.25, 0.3) is 0 Å². The number of hydrogen-bond donors (Lipinski definition) is 1. The summed E-state index contributed by atoms with van der Waals surface area (Å²) in [5.41, 5.74) is 4.26. The van der Waals surface area contributed by atoms with Gasteiger partial charge in [0.15, 0.2) is 5.50 Å². The molecule has 1 aromatic rings. The molecule has 1 aliphatic carbocycles. The number of hydrogen-bond acceptors (Lipinski definition) is 3. The van der Waals surface area contributed by atoms with Crippen molar-refractivity contribution in [3.05, 3.63) is 59.6 Å². The second kappa shape index (κ2) is 3.44. The predicted octanol–water partition coefficient (Wildman–Crippen LogP) is 3.33. The molecule has 1 aromatic carbocycles. The molecule has 0 aromatic heterocycles. The fourth-order valence-corrected chi connectivity index (χ4v) is 3.67. The molecule has 3 heteroatoms. The molecule has 4 rings (SSSR count). The van der Waals surface area contributed by atoms with Gasteiger partial charge < -0.3 is 10.2 Å². The Kier molecular flexibility index (Phi) is 1.91. The van der Waals surface area contributed by atoms with Crippen molar-refractivity contribution in [3.8, 4) is 0 Å². The molecule has 1 N–H and O–H groups in total. The lowest BCUT2D eigenvalue weighted by Gasteiger charge is -2.37. The maximum absolute atomic E-state index is 3.56. The third kappa shape index (κ3) is 1.29. The fraction of sp³-hybridized carbons (Fsp3) is 0.143. The predicted molar refractivity (Wildman–Crippen MR) is 74.1 cm³/mol. The molecule has 0 unspecified atom stereocenters. The van der Waals surface area contributed by atoms with Crippen LogP contribution in [0.1, 0.15) is 0 Å². The van der Waals surface area contributed by atoms with Crippen LogP contribution < -0.4 is 10.2 Å². The maximum atomic E-state index is 3.56. The van der Waals surface area contributed by atoms with E-state index in [1.54, 1.807) is 0 Å². The zero-order valence-electron chi connectivity index (χ0n) is 9.21. The zero-order valence-corrected chi connectivity index (χ0v) is 10.0. The van der Waals surface area contributed by atoms with Gasteiger partial charge in [-0.05, 0) is 23.1 Å². The summed E-state index contributed by atoms with van der Waals surface area (Å²) in [5, 5.41) is 5.82. The molecule has 0 saturated carbocycles. The largest absolute Gasteiger partial charge is 0.355 e. The lowest BCUT2D eigenvalue weighted by molar-refractivity contribution is 0.782. The van der Waals surface area contributed by atoms with Gasteiger partial charge in [0, 0.05) is 0 Å². The SMILES string of the molecule is C1=CC2=CS[C@H]3Nc4ccccc4N3[C@@H]2C=C1. The second-order valence-electron chi connectivity index (χ2n) is 4.36. The van der Waals surface area contributed by atoms with E-state index < -0.39 is 0 Å². The lowest BCUT2D eigenvalue weighted by Crippen LogP contribution is -2.43. The maximum Gasteiger partial charge on any atom is 0.153 e. The van der Waals surface area contributed by atoms with Gasteiger partial charge in [0.1, 0.15) is 0 Å². The molecule has 0 bridgehead atoms. The Labute approximate surface area is 105 Å². The summed E-state index contributed by atoms with van der Waals surface area (Å²) >= 11 is 1.84. The third-order valence-corrected chi connectivity index (χ3v) is 4.39. The van der Waals surface area contributed by atoms with Crippen molar-refractivity contribution in [1.82, 2.24) is 0 Å². The van der Waals surface area contributed by atoms with Gasteiger partial charge in [0.25, 0.3) is 0 Å². The molecular weight excluding hydrogens is 228 g/mol. The number of allylic oxidation sites excluding steroid dienone is 2. The molecule has 0 saturated heterocycles. The van der Waals surface area contributed by atoms with E-state index >= 15 is 0 Å². The summed E-state index contributed by atoms with van der Waals surface area (Å²) in [6, 6.07) is 8.91. The molecule has 0 fully saturated rings. The first-order valence-corrected chi connectivity index (χ1v) is 6.72. The molecule has 84 valence electrons. The first kappa shape index (κ1) is 9.42. The first-order valence-electron chi connectivity index (χ1n) is 5.78. The van der Waals surface area contributed by atoms with E-state index in [-0.39, 0.29) is 0 Å². The minimum Gasteiger partial charge on any atom is -0.355 e. The van der Waals surface area contributed by atoms with Crippen LogP contribution in [0.4, 0.5) is 11.4 Å². The quantitative estimate of drug-likeness (QED) is 0.749. The minimum atomic E-state index is 0.331. The van der Waals surface area contributed by atoms with Crippen LogP contribution in [-0.2, 0) is 0 Å². The fourth-order valence-electron chi connectivity index (χ4n) is 2.60.